The van der Waals surface area contributed by atoms with E-state index in [0.29, 0.717) is 0 Å². The van der Waals surface area contributed by atoms with Crippen LogP contribution < -0.4 is 0 Å². The Kier molecular flexibility index (Phi) is 2.69. The highest BCUT2D eigenvalue weighted by atomic mass is 16.3. The Labute approximate surface area is 96.4 Å². The zero-order valence-electron chi connectivity index (χ0n) is 9.87. The predicted molar refractivity (Wildman–Crippen MR) is 66.2 cm³/mol. The molecule has 0 aliphatic rings. The predicted octanol–water partition coefficient (Wildman–Crippen LogP) is 4.42. The normalized spacial score (nSPS) is 10.4. The fourth-order valence-electron chi connectivity index (χ4n) is 2.26. The molecule has 0 heterocycles. The number of aryl methyl sites for hydroxylation is 3. The molecule has 1 nitrogen and oxygen atoms in total. The number of hydrogen-bond donors (Lipinski definition) is 0. The standard InChI is InChI=1S/C15H15O/c1-10-8-11(2)15(12(3)9-10)13-4-6-14(16)7-5-13/h4-9H,1-3H3. The number of rotatable bonds is 1. The topological polar surface area (TPSA) is 19.9 Å². The minimum Gasteiger partial charge on any atom is -0.290 e. The summed E-state index contributed by atoms with van der Waals surface area (Å²) in [7, 11) is 0. The Morgan fingerprint density at radius 1 is 0.812 bits per heavy atom. The molecule has 2 aromatic carbocycles. The molecule has 1 radical (unpaired) electrons. The Hall–Kier alpha value is -1.76. The summed E-state index contributed by atoms with van der Waals surface area (Å²) in [6, 6.07) is 11.4. The van der Waals surface area contributed by atoms with Gasteiger partial charge in [0.25, 0.3) is 0 Å². The second kappa shape index (κ2) is 4.01. The van der Waals surface area contributed by atoms with Crippen LogP contribution in [0.5, 0.6) is 5.75 Å². The molecule has 0 aliphatic heterocycles. The summed E-state index contributed by atoms with van der Waals surface area (Å²) in [6.07, 6.45) is 0. The average Bonchev–Trinajstić information content (AvgIpc) is 2.19. The van der Waals surface area contributed by atoms with Crippen LogP contribution >= 0.6 is 0 Å². The first-order valence-corrected chi connectivity index (χ1v) is 5.43. The molecule has 0 unspecified atom stereocenters. The number of hydrogen-bond acceptors (Lipinski definition) is 0. The van der Waals surface area contributed by atoms with E-state index in [1.54, 1.807) is 12.1 Å². The fraction of sp³-hybridized carbons (Fsp3) is 0.200. The molecule has 0 atom stereocenters. The van der Waals surface area contributed by atoms with E-state index in [-0.39, 0.29) is 5.75 Å². The van der Waals surface area contributed by atoms with Gasteiger partial charge in [0.1, 0.15) is 0 Å². The molecule has 1 heteroatoms. The SMILES string of the molecule is Cc1cc(C)c(-c2ccc([O])cc2)c(C)c1. The molecule has 0 amide bonds. The van der Waals surface area contributed by atoms with Crippen LogP contribution in [0.3, 0.4) is 0 Å². The highest BCUT2D eigenvalue weighted by Crippen LogP contribution is 2.29. The highest BCUT2D eigenvalue weighted by molar-refractivity contribution is 5.71. The molecule has 0 fully saturated rings. The van der Waals surface area contributed by atoms with Gasteiger partial charge in [-0.15, -0.1) is 0 Å². The van der Waals surface area contributed by atoms with Crippen molar-refractivity contribution in [1.82, 2.24) is 0 Å². The third-order valence-electron chi connectivity index (χ3n) is 2.82. The van der Waals surface area contributed by atoms with E-state index in [4.69, 9.17) is 0 Å². The van der Waals surface area contributed by atoms with Crippen LogP contribution in [0, 0.1) is 20.8 Å². The quantitative estimate of drug-likeness (QED) is 0.665. The molecule has 0 bridgehead atoms. The van der Waals surface area contributed by atoms with E-state index in [9.17, 15) is 5.11 Å². The molecule has 0 saturated heterocycles. The second-order valence-electron chi connectivity index (χ2n) is 4.30. The second-order valence-corrected chi connectivity index (χ2v) is 4.30. The van der Waals surface area contributed by atoms with Crippen molar-refractivity contribution in [2.24, 2.45) is 0 Å². The summed E-state index contributed by atoms with van der Waals surface area (Å²) in [5.74, 6) is 0.0613. The van der Waals surface area contributed by atoms with Gasteiger partial charge in [-0.3, -0.25) is 5.11 Å². The summed E-state index contributed by atoms with van der Waals surface area (Å²) < 4.78 is 0. The molecule has 0 saturated carbocycles. The first-order valence-electron chi connectivity index (χ1n) is 5.43. The van der Waals surface area contributed by atoms with Gasteiger partial charge in [-0.25, -0.2) is 0 Å². The lowest BCUT2D eigenvalue weighted by molar-refractivity contribution is 0.355. The summed E-state index contributed by atoms with van der Waals surface area (Å²) >= 11 is 0. The van der Waals surface area contributed by atoms with Crippen molar-refractivity contribution in [2.45, 2.75) is 20.8 Å². The van der Waals surface area contributed by atoms with E-state index in [2.05, 4.69) is 32.9 Å². The van der Waals surface area contributed by atoms with Gasteiger partial charge in [0.2, 0.25) is 0 Å². The Bertz CT molecular complexity index is 486. The molecule has 81 valence electrons. The Morgan fingerprint density at radius 3 is 1.81 bits per heavy atom. The van der Waals surface area contributed by atoms with Crippen molar-refractivity contribution >= 4 is 0 Å². The minimum atomic E-state index is 0.0613. The van der Waals surface area contributed by atoms with Crippen LogP contribution in [0.15, 0.2) is 36.4 Å². The van der Waals surface area contributed by atoms with Crippen molar-refractivity contribution < 1.29 is 5.11 Å². The zero-order chi connectivity index (χ0) is 11.7. The highest BCUT2D eigenvalue weighted by Gasteiger charge is 2.06. The third-order valence-corrected chi connectivity index (χ3v) is 2.82. The molecular weight excluding hydrogens is 196 g/mol. The van der Waals surface area contributed by atoms with Gasteiger partial charge in [0.15, 0.2) is 5.75 Å². The van der Waals surface area contributed by atoms with Crippen LogP contribution in [-0.2, 0) is 5.11 Å². The molecule has 2 rings (SSSR count). The first kappa shape index (κ1) is 10.7. The maximum absolute atomic E-state index is 11.1. The van der Waals surface area contributed by atoms with Gasteiger partial charge in [-0.2, -0.15) is 0 Å². The third kappa shape index (κ3) is 1.94. The van der Waals surface area contributed by atoms with E-state index in [1.165, 1.54) is 22.3 Å². The van der Waals surface area contributed by atoms with Crippen molar-refractivity contribution in [3.8, 4) is 16.9 Å². The van der Waals surface area contributed by atoms with Crippen molar-refractivity contribution in [1.29, 1.82) is 0 Å². The Morgan fingerprint density at radius 2 is 1.31 bits per heavy atom. The van der Waals surface area contributed by atoms with Gasteiger partial charge in [0.05, 0.1) is 0 Å². The summed E-state index contributed by atoms with van der Waals surface area (Å²) in [5, 5.41) is 11.1. The largest absolute Gasteiger partial charge is 0.290 e. The van der Waals surface area contributed by atoms with E-state index < -0.39 is 0 Å². The lowest BCUT2D eigenvalue weighted by atomic mass is 9.94. The molecule has 0 spiro atoms. The smallest absolute Gasteiger partial charge is 0.178 e. The average molecular weight is 211 g/mol. The molecule has 0 aromatic heterocycles. The van der Waals surface area contributed by atoms with Crippen molar-refractivity contribution in [3.63, 3.8) is 0 Å². The number of benzene rings is 2. The summed E-state index contributed by atoms with van der Waals surface area (Å²) in [6.45, 7) is 6.32. The van der Waals surface area contributed by atoms with Crippen molar-refractivity contribution in [3.05, 3.63) is 53.1 Å². The molecule has 0 aliphatic carbocycles. The first-order chi connectivity index (χ1) is 7.58. The summed E-state index contributed by atoms with van der Waals surface area (Å²) in [4.78, 5) is 0. The lowest BCUT2D eigenvalue weighted by Crippen LogP contribution is -1.89. The van der Waals surface area contributed by atoms with Crippen LogP contribution in [0.2, 0.25) is 0 Å². The maximum atomic E-state index is 11.1. The fourth-order valence-corrected chi connectivity index (χ4v) is 2.26. The minimum absolute atomic E-state index is 0.0613. The van der Waals surface area contributed by atoms with Gasteiger partial charge >= 0.3 is 0 Å². The van der Waals surface area contributed by atoms with Crippen LogP contribution in [-0.4, -0.2) is 0 Å². The Balaban J connectivity index is 2.60. The van der Waals surface area contributed by atoms with Gasteiger partial charge in [0, 0.05) is 0 Å². The molecule has 0 N–H and O–H groups in total. The molecular formula is C15H15O. The van der Waals surface area contributed by atoms with Crippen molar-refractivity contribution in [2.75, 3.05) is 0 Å². The van der Waals surface area contributed by atoms with E-state index in [0.717, 1.165) is 5.56 Å². The van der Waals surface area contributed by atoms with Crippen LogP contribution in [0.1, 0.15) is 16.7 Å². The molecule has 16 heavy (non-hydrogen) atoms. The summed E-state index contributed by atoms with van der Waals surface area (Å²) in [5.41, 5.74) is 6.16. The van der Waals surface area contributed by atoms with E-state index in [1.807, 2.05) is 12.1 Å². The lowest BCUT2D eigenvalue weighted by Gasteiger charge is -2.11. The molecule has 2 aromatic rings. The van der Waals surface area contributed by atoms with Crippen LogP contribution in [0.25, 0.3) is 11.1 Å². The van der Waals surface area contributed by atoms with Gasteiger partial charge in [-0.05, 0) is 55.2 Å². The zero-order valence-corrected chi connectivity index (χ0v) is 9.87. The van der Waals surface area contributed by atoms with Gasteiger partial charge < -0.3 is 0 Å². The monoisotopic (exact) mass is 211 g/mol. The van der Waals surface area contributed by atoms with Gasteiger partial charge in [-0.1, -0.05) is 29.8 Å². The maximum Gasteiger partial charge on any atom is 0.178 e. The van der Waals surface area contributed by atoms with Crippen LogP contribution in [0.4, 0.5) is 0 Å². The van der Waals surface area contributed by atoms with E-state index >= 15 is 0 Å².